The molecule has 0 spiro atoms. The average Bonchev–Trinajstić information content (AvgIpc) is 2.86. The molecule has 0 atom stereocenters. The Balaban J connectivity index is 2.01. The SMILES string of the molecule is CNCc1c(Cl)cccc1Sc1nnc2ccccn12. The lowest BCUT2D eigenvalue weighted by Gasteiger charge is -2.09. The van der Waals surface area contributed by atoms with E-state index in [1.165, 1.54) is 0 Å². The zero-order valence-electron chi connectivity index (χ0n) is 10.9. The molecule has 0 bridgehead atoms. The molecule has 0 unspecified atom stereocenters. The molecular formula is C14H13ClN4S. The highest BCUT2D eigenvalue weighted by Gasteiger charge is 2.11. The second-order valence-corrected chi connectivity index (χ2v) is 5.68. The Morgan fingerprint density at radius 1 is 1.20 bits per heavy atom. The molecule has 2 heterocycles. The van der Waals surface area contributed by atoms with Crippen molar-refractivity contribution in [1.82, 2.24) is 19.9 Å². The van der Waals surface area contributed by atoms with Crippen molar-refractivity contribution in [3.8, 4) is 0 Å². The summed E-state index contributed by atoms with van der Waals surface area (Å²) in [6.45, 7) is 0.721. The summed E-state index contributed by atoms with van der Waals surface area (Å²) in [5, 5.41) is 13.1. The van der Waals surface area contributed by atoms with Gasteiger partial charge in [-0.15, -0.1) is 10.2 Å². The molecule has 0 saturated carbocycles. The molecule has 6 heteroatoms. The van der Waals surface area contributed by atoms with E-state index in [1.54, 1.807) is 11.8 Å². The number of aromatic nitrogens is 3. The first-order valence-corrected chi connectivity index (χ1v) is 7.38. The maximum atomic E-state index is 6.27. The molecule has 1 N–H and O–H groups in total. The van der Waals surface area contributed by atoms with Gasteiger partial charge in [0, 0.05) is 22.7 Å². The fourth-order valence-corrected chi connectivity index (χ4v) is 3.25. The Labute approximate surface area is 126 Å². The van der Waals surface area contributed by atoms with Crippen LogP contribution in [0.3, 0.4) is 0 Å². The number of hydrogen-bond acceptors (Lipinski definition) is 4. The Morgan fingerprint density at radius 3 is 2.95 bits per heavy atom. The lowest BCUT2D eigenvalue weighted by atomic mass is 10.2. The zero-order valence-corrected chi connectivity index (χ0v) is 12.4. The van der Waals surface area contributed by atoms with Crippen LogP contribution in [-0.4, -0.2) is 21.6 Å². The summed E-state index contributed by atoms with van der Waals surface area (Å²) in [5.74, 6) is 0. The van der Waals surface area contributed by atoms with E-state index < -0.39 is 0 Å². The van der Waals surface area contributed by atoms with Gasteiger partial charge in [0.2, 0.25) is 0 Å². The molecule has 0 radical (unpaired) electrons. The monoisotopic (exact) mass is 304 g/mol. The fraction of sp³-hybridized carbons (Fsp3) is 0.143. The van der Waals surface area contributed by atoms with Crippen molar-refractivity contribution in [2.75, 3.05) is 7.05 Å². The highest BCUT2D eigenvalue weighted by atomic mass is 35.5. The molecule has 0 saturated heterocycles. The van der Waals surface area contributed by atoms with E-state index in [-0.39, 0.29) is 0 Å². The summed E-state index contributed by atoms with van der Waals surface area (Å²) in [4.78, 5) is 1.09. The van der Waals surface area contributed by atoms with E-state index in [1.807, 2.05) is 54.0 Å². The molecule has 20 heavy (non-hydrogen) atoms. The number of benzene rings is 1. The van der Waals surface area contributed by atoms with Gasteiger partial charge in [0.1, 0.15) is 0 Å². The van der Waals surface area contributed by atoms with Crippen LogP contribution in [-0.2, 0) is 6.54 Å². The van der Waals surface area contributed by atoms with Crippen LogP contribution in [0.5, 0.6) is 0 Å². The number of rotatable bonds is 4. The van der Waals surface area contributed by atoms with Crippen LogP contribution < -0.4 is 5.32 Å². The first-order chi connectivity index (χ1) is 9.79. The average molecular weight is 305 g/mol. The van der Waals surface area contributed by atoms with Gasteiger partial charge in [0.15, 0.2) is 10.8 Å². The molecule has 4 nitrogen and oxygen atoms in total. The van der Waals surface area contributed by atoms with Crippen LogP contribution in [0.2, 0.25) is 5.02 Å². The summed E-state index contributed by atoms with van der Waals surface area (Å²) in [7, 11) is 1.91. The predicted molar refractivity (Wildman–Crippen MR) is 81.3 cm³/mol. The lowest BCUT2D eigenvalue weighted by molar-refractivity contribution is 0.802. The first-order valence-electron chi connectivity index (χ1n) is 6.19. The topological polar surface area (TPSA) is 42.2 Å². The van der Waals surface area contributed by atoms with E-state index in [0.29, 0.717) is 0 Å². The van der Waals surface area contributed by atoms with Crippen LogP contribution in [0.1, 0.15) is 5.56 Å². The highest BCUT2D eigenvalue weighted by molar-refractivity contribution is 7.99. The summed E-state index contributed by atoms with van der Waals surface area (Å²) in [6, 6.07) is 11.8. The maximum absolute atomic E-state index is 6.27. The smallest absolute Gasteiger partial charge is 0.200 e. The number of pyridine rings is 1. The third kappa shape index (κ3) is 2.52. The van der Waals surface area contributed by atoms with Crippen molar-refractivity contribution < 1.29 is 0 Å². The molecule has 2 aromatic heterocycles. The second-order valence-electron chi connectivity index (χ2n) is 4.26. The van der Waals surface area contributed by atoms with E-state index in [4.69, 9.17) is 11.6 Å². The van der Waals surface area contributed by atoms with Crippen molar-refractivity contribution in [1.29, 1.82) is 0 Å². The Hall–Kier alpha value is -1.56. The van der Waals surface area contributed by atoms with Crippen molar-refractivity contribution in [3.63, 3.8) is 0 Å². The molecule has 0 aliphatic carbocycles. The summed E-state index contributed by atoms with van der Waals surface area (Å²) in [6.07, 6.45) is 1.96. The van der Waals surface area contributed by atoms with Gasteiger partial charge in [-0.05, 0) is 48.6 Å². The number of nitrogens with zero attached hydrogens (tertiary/aromatic N) is 3. The van der Waals surface area contributed by atoms with Crippen molar-refractivity contribution in [2.24, 2.45) is 0 Å². The number of nitrogens with one attached hydrogen (secondary N) is 1. The molecule has 0 amide bonds. The molecular weight excluding hydrogens is 292 g/mol. The van der Waals surface area contributed by atoms with Crippen LogP contribution in [0.15, 0.2) is 52.6 Å². The third-order valence-electron chi connectivity index (χ3n) is 2.91. The third-order valence-corrected chi connectivity index (χ3v) is 4.33. The van der Waals surface area contributed by atoms with Crippen LogP contribution >= 0.6 is 23.4 Å². The molecule has 0 aliphatic heterocycles. The number of halogens is 1. The highest BCUT2D eigenvalue weighted by Crippen LogP contribution is 2.32. The van der Waals surface area contributed by atoms with E-state index in [9.17, 15) is 0 Å². The van der Waals surface area contributed by atoms with Gasteiger partial charge in [0.05, 0.1) is 0 Å². The molecule has 1 aromatic carbocycles. The summed E-state index contributed by atoms with van der Waals surface area (Å²) in [5.41, 5.74) is 1.92. The van der Waals surface area contributed by atoms with Gasteiger partial charge in [-0.25, -0.2) is 0 Å². The summed E-state index contributed by atoms with van der Waals surface area (Å²) < 4.78 is 1.97. The minimum absolute atomic E-state index is 0.721. The van der Waals surface area contributed by atoms with Crippen molar-refractivity contribution in [3.05, 3.63) is 53.2 Å². The minimum Gasteiger partial charge on any atom is -0.316 e. The normalized spacial score (nSPS) is 11.1. The van der Waals surface area contributed by atoms with Gasteiger partial charge < -0.3 is 5.32 Å². The van der Waals surface area contributed by atoms with Gasteiger partial charge in [-0.1, -0.05) is 23.7 Å². The van der Waals surface area contributed by atoms with Crippen LogP contribution in [0, 0.1) is 0 Å². The van der Waals surface area contributed by atoms with E-state index >= 15 is 0 Å². The summed E-state index contributed by atoms with van der Waals surface area (Å²) >= 11 is 7.84. The molecule has 0 fully saturated rings. The Morgan fingerprint density at radius 2 is 2.10 bits per heavy atom. The van der Waals surface area contributed by atoms with Crippen LogP contribution in [0.4, 0.5) is 0 Å². The molecule has 3 aromatic rings. The van der Waals surface area contributed by atoms with Gasteiger partial charge in [0.25, 0.3) is 0 Å². The Kier molecular flexibility index (Phi) is 3.91. The van der Waals surface area contributed by atoms with E-state index in [2.05, 4.69) is 15.5 Å². The zero-order chi connectivity index (χ0) is 13.9. The standard InChI is InChI=1S/C14H13ClN4S/c1-16-9-10-11(15)5-4-6-12(10)20-14-18-17-13-7-2-3-8-19(13)14/h2-8,16H,9H2,1H3. The van der Waals surface area contributed by atoms with E-state index in [0.717, 1.165) is 32.8 Å². The molecule has 0 aliphatic rings. The van der Waals surface area contributed by atoms with Gasteiger partial charge >= 0.3 is 0 Å². The number of fused-ring (bicyclic) bond motifs is 1. The van der Waals surface area contributed by atoms with Crippen molar-refractivity contribution >= 4 is 29.0 Å². The van der Waals surface area contributed by atoms with Crippen LogP contribution in [0.25, 0.3) is 5.65 Å². The predicted octanol–water partition coefficient (Wildman–Crippen LogP) is 3.25. The second kappa shape index (κ2) is 5.83. The fourth-order valence-electron chi connectivity index (χ4n) is 1.97. The molecule has 102 valence electrons. The van der Waals surface area contributed by atoms with Gasteiger partial charge in [-0.3, -0.25) is 4.40 Å². The quantitative estimate of drug-likeness (QED) is 0.803. The largest absolute Gasteiger partial charge is 0.316 e. The lowest BCUT2D eigenvalue weighted by Crippen LogP contribution is -2.06. The molecule has 3 rings (SSSR count). The van der Waals surface area contributed by atoms with Gasteiger partial charge in [-0.2, -0.15) is 0 Å². The Bertz CT molecular complexity index is 741. The first kappa shape index (κ1) is 13.4. The maximum Gasteiger partial charge on any atom is 0.200 e. The van der Waals surface area contributed by atoms with Crippen molar-refractivity contribution in [2.45, 2.75) is 16.6 Å². The number of hydrogen-bond donors (Lipinski definition) is 1. The minimum atomic E-state index is 0.721.